The van der Waals surface area contributed by atoms with Crippen LogP contribution < -0.4 is 16.2 Å². The fourth-order valence-corrected chi connectivity index (χ4v) is 2.85. The van der Waals surface area contributed by atoms with Crippen molar-refractivity contribution >= 4 is 16.9 Å². The van der Waals surface area contributed by atoms with E-state index in [1.165, 1.54) is 6.07 Å². The molecule has 6 heteroatoms. The summed E-state index contributed by atoms with van der Waals surface area (Å²) in [7, 11) is 0. The van der Waals surface area contributed by atoms with Crippen molar-refractivity contribution in [1.29, 1.82) is 0 Å². The highest BCUT2D eigenvalue weighted by atomic mass is 16.3. The predicted octanol–water partition coefficient (Wildman–Crippen LogP) is 2.12. The zero-order valence-corrected chi connectivity index (χ0v) is 14.3. The fourth-order valence-electron chi connectivity index (χ4n) is 2.85. The standard InChI is InChI=1S/C18H25N3O3/c1-12(22)9-18(2,3)11-20-17(24)19-10-13-8-16(23)21-15-7-5-4-6-14(13)15/h4-8,12,22H,9-11H2,1-3H3,(H,21,23)(H2,19,20,24). The molecule has 0 saturated heterocycles. The fraction of sp³-hybridized carbons (Fsp3) is 0.444. The molecule has 1 atom stereocenters. The van der Waals surface area contributed by atoms with Gasteiger partial charge in [0, 0.05) is 30.1 Å². The molecule has 24 heavy (non-hydrogen) atoms. The lowest BCUT2D eigenvalue weighted by Crippen LogP contribution is -2.41. The number of hydrogen-bond donors (Lipinski definition) is 4. The van der Waals surface area contributed by atoms with Crippen molar-refractivity contribution in [2.45, 2.75) is 39.8 Å². The number of aliphatic hydroxyl groups is 1. The SMILES string of the molecule is CC(O)CC(C)(C)CNC(=O)NCc1cc(=O)[nH]c2ccccc12. The van der Waals surface area contributed by atoms with Crippen LogP contribution in [0.4, 0.5) is 4.79 Å². The molecule has 2 aromatic rings. The third-order valence-electron chi connectivity index (χ3n) is 3.85. The number of benzene rings is 1. The summed E-state index contributed by atoms with van der Waals surface area (Å²) in [6.45, 7) is 6.45. The van der Waals surface area contributed by atoms with Crippen molar-refractivity contribution in [3.8, 4) is 0 Å². The molecule has 130 valence electrons. The summed E-state index contributed by atoms with van der Waals surface area (Å²) in [6, 6.07) is 8.69. The molecule has 2 rings (SSSR count). The molecule has 2 amide bonds. The van der Waals surface area contributed by atoms with Crippen LogP contribution in [0.25, 0.3) is 10.9 Å². The maximum absolute atomic E-state index is 12.0. The molecule has 0 radical (unpaired) electrons. The molecule has 0 spiro atoms. The molecular weight excluding hydrogens is 306 g/mol. The third kappa shape index (κ3) is 5.09. The molecule has 0 saturated carbocycles. The monoisotopic (exact) mass is 331 g/mol. The summed E-state index contributed by atoms with van der Waals surface area (Å²) in [4.78, 5) is 26.5. The number of fused-ring (bicyclic) bond motifs is 1. The Bertz CT molecular complexity index is 765. The molecule has 0 bridgehead atoms. The second kappa shape index (κ2) is 7.49. The van der Waals surface area contributed by atoms with Crippen LogP contribution in [0, 0.1) is 5.41 Å². The molecule has 6 nitrogen and oxygen atoms in total. The van der Waals surface area contributed by atoms with Crippen LogP contribution in [0.2, 0.25) is 0 Å². The summed E-state index contributed by atoms with van der Waals surface area (Å²) in [6.07, 6.45) is 0.193. The number of hydrogen-bond acceptors (Lipinski definition) is 3. The van der Waals surface area contributed by atoms with E-state index in [1.54, 1.807) is 6.92 Å². The van der Waals surface area contributed by atoms with E-state index in [0.29, 0.717) is 13.0 Å². The highest BCUT2D eigenvalue weighted by Crippen LogP contribution is 2.21. The average molecular weight is 331 g/mol. The summed E-state index contributed by atoms with van der Waals surface area (Å²) in [5.74, 6) is 0. The van der Waals surface area contributed by atoms with Gasteiger partial charge >= 0.3 is 6.03 Å². The first-order valence-corrected chi connectivity index (χ1v) is 8.07. The minimum absolute atomic E-state index is 0.191. The summed E-state index contributed by atoms with van der Waals surface area (Å²) >= 11 is 0. The quantitative estimate of drug-likeness (QED) is 0.653. The maximum Gasteiger partial charge on any atom is 0.315 e. The Hall–Kier alpha value is -2.34. The minimum atomic E-state index is -0.410. The van der Waals surface area contributed by atoms with Crippen LogP contribution in [-0.4, -0.2) is 28.8 Å². The lowest BCUT2D eigenvalue weighted by Gasteiger charge is -2.26. The largest absolute Gasteiger partial charge is 0.393 e. The normalized spacial score (nSPS) is 12.8. The number of urea groups is 1. The predicted molar refractivity (Wildman–Crippen MR) is 94.9 cm³/mol. The molecule has 0 aliphatic carbocycles. The van der Waals surface area contributed by atoms with Gasteiger partial charge in [-0.05, 0) is 30.4 Å². The van der Waals surface area contributed by atoms with E-state index in [0.717, 1.165) is 16.5 Å². The lowest BCUT2D eigenvalue weighted by atomic mass is 9.87. The molecule has 1 aromatic carbocycles. The topological polar surface area (TPSA) is 94.2 Å². The van der Waals surface area contributed by atoms with E-state index in [9.17, 15) is 14.7 Å². The summed E-state index contributed by atoms with van der Waals surface area (Å²) in [5, 5.41) is 16.0. The number of aromatic nitrogens is 1. The zero-order chi connectivity index (χ0) is 17.7. The van der Waals surface area contributed by atoms with E-state index in [2.05, 4.69) is 15.6 Å². The number of carbonyl (C=O) groups excluding carboxylic acids is 1. The van der Waals surface area contributed by atoms with Crippen LogP contribution in [0.1, 0.15) is 32.8 Å². The van der Waals surface area contributed by atoms with Crippen molar-refractivity contribution in [2.75, 3.05) is 6.54 Å². The highest BCUT2D eigenvalue weighted by Gasteiger charge is 2.21. The Morgan fingerprint density at radius 2 is 2.00 bits per heavy atom. The van der Waals surface area contributed by atoms with Gasteiger partial charge in [-0.2, -0.15) is 0 Å². The average Bonchev–Trinajstić information content (AvgIpc) is 2.49. The van der Waals surface area contributed by atoms with Gasteiger partial charge in [0.15, 0.2) is 0 Å². The van der Waals surface area contributed by atoms with Crippen molar-refractivity contribution in [3.63, 3.8) is 0 Å². The second-order valence-corrected chi connectivity index (χ2v) is 6.96. The number of nitrogens with one attached hydrogen (secondary N) is 3. The number of aromatic amines is 1. The van der Waals surface area contributed by atoms with Gasteiger partial charge in [-0.15, -0.1) is 0 Å². The lowest BCUT2D eigenvalue weighted by molar-refractivity contribution is 0.129. The van der Waals surface area contributed by atoms with Gasteiger partial charge in [0.2, 0.25) is 5.56 Å². The zero-order valence-electron chi connectivity index (χ0n) is 14.3. The molecule has 1 heterocycles. The number of aliphatic hydroxyl groups excluding tert-OH is 1. The Labute approximate surface area is 141 Å². The Morgan fingerprint density at radius 3 is 2.71 bits per heavy atom. The van der Waals surface area contributed by atoms with Crippen molar-refractivity contribution < 1.29 is 9.90 Å². The number of rotatable bonds is 6. The number of carbonyl (C=O) groups is 1. The van der Waals surface area contributed by atoms with E-state index in [-0.39, 0.29) is 23.6 Å². The van der Waals surface area contributed by atoms with Gasteiger partial charge in [0.05, 0.1) is 6.10 Å². The smallest absolute Gasteiger partial charge is 0.315 e. The van der Waals surface area contributed by atoms with Gasteiger partial charge in [-0.25, -0.2) is 4.79 Å². The van der Waals surface area contributed by atoms with Crippen LogP contribution in [0.5, 0.6) is 0 Å². The molecule has 0 aliphatic rings. The van der Waals surface area contributed by atoms with E-state index < -0.39 is 6.10 Å². The molecule has 0 aliphatic heterocycles. The summed E-state index contributed by atoms with van der Waals surface area (Å²) in [5.41, 5.74) is 1.14. The van der Waals surface area contributed by atoms with E-state index in [1.807, 2.05) is 38.1 Å². The molecular formula is C18H25N3O3. The van der Waals surface area contributed by atoms with Crippen LogP contribution in [-0.2, 0) is 6.54 Å². The highest BCUT2D eigenvalue weighted by molar-refractivity contribution is 5.82. The van der Waals surface area contributed by atoms with Gasteiger partial charge in [0.25, 0.3) is 0 Å². The molecule has 0 fully saturated rings. The van der Waals surface area contributed by atoms with Crippen molar-refractivity contribution in [2.24, 2.45) is 5.41 Å². The van der Waals surface area contributed by atoms with Crippen LogP contribution in [0.3, 0.4) is 0 Å². The minimum Gasteiger partial charge on any atom is -0.393 e. The Morgan fingerprint density at radius 1 is 1.29 bits per heavy atom. The molecule has 1 unspecified atom stereocenters. The van der Waals surface area contributed by atoms with Crippen molar-refractivity contribution in [3.05, 3.63) is 46.2 Å². The Kier molecular flexibility index (Phi) is 5.62. The third-order valence-corrected chi connectivity index (χ3v) is 3.85. The van der Waals surface area contributed by atoms with E-state index >= 15 is 0 Å². The van der Waals surface area contributed by atoms with Gasteiger partial charge in [0.1, 0.15) is 0 Å². The number of H-pyrrole nitrogens is 1. The van der Waals surface area contributed by atoms with Crippen LogP contribution in [0.15, 0.2) is 35.1 Å². The number of pyridine rings is 1. The first kappa shape index (κ1) is 18.0. The molecule has 4 N–H and O–H groups in total. The first-order valence-electron chi connectivity index (χ1n) is 8.07. The van der Waals surface area contributed by atoms with Gasteiger partial charge in [-0.1, -0.05) is 32.0 Å². The van der Waals surface area contributed by atoms with Crippen molar-refractivity contribution in [1.82, 2.24) is 15.6 Å². The number of amides is 2. The Balaban J connectivity index is 1.96. The maximum atomic E-state index is 12.0. The first-order chi connectivity index (χ1) is 11.3. The van der Waals surface area contributed by atoms with Crippen LogP contribution >= 0.6 is 0 Å². The second-order valence-electron chi connectivity index (χ2n) is 6.96. The van der Waals surface area contributed by atoms with Gasteiger partial charge < -0.3 is 20.7 Å². The molecule has 1 aromatic heterocycles. The summed E-state index contributed by atoms with van der Waals surface area (Å²) < 4.78 is 0. The van der Waals surface area contributed by atoms with Gasteiger partial charge in [-0.3, -0.25) is 4.79 Å². The number of para-hydroxylation sites is 1. The van der Waals surface area contributed by atoms with E-state index in [4.69, 9.17) is 0 Å².